The lowest BCUT2D eigenvalue weighted by atomic mass is 10.1. The molecule has 0 aromatic heterocycles. The van der Waals surface area contributed by atoms with Crippen molar-refractivity contribution < 1.29 is 9.90 Å². The molecule has 1 atom stereocenters. The molecule has 0 amide bonds. The number of hydrogen-bond donors (Lipinski definition) is 1. The molecule has 0 unspecified atom stereocenters. The number of rotatable bonds is 16. The minimum Gasteiger partial charge on any atom is -0.393 e. The zero-order valence-electron chi connectivity index (χ0n) is 17.4. The molecule has 28 heavy (non-hydrogen) atoms. The van der Waals surface area contributed by atoms with Crippen molar-refractivity contribution in [2.24, 2.45) is 0 Å². The smallest absolute Gasteiger partial charge is 0.193 e. The number of hydrogen-bond acceptors (Lipinski definition) is 3. The third kappa shape index (κ3) is 14.3. The van der Waals surface area contributed by atoms with E-state index < -0.39 is 0 Å². The largest absolute Gasteiger partial charge is 0.393 e. The van der Waals surface area contributed by atoms with Gasteiger partial charge in [0.2, 0.25) is 0 Å². The first kappa shape index (κ1) is 25.3. The fourth-order valence-corrected chi connectivity index (χ4v) is 4.17. The summed E-state index contributed by atoms with van der Waals surface area (Å²) in [5.41, 5.74) is 0. The number of aliphatic hydroxyl groups excluding tert-OH is 1. The molecule has 1 aromatic carbocycles. The maximum Gasteiger partial charge on any atom is 0.193 e. The van der Waals surface area contributed by atoms with Gasteiger partial charge < -0.3 is 5.11 Å². The van der Waals surface area contributed by atoms with Gasteiger partial charge in [-0.05, 0) is 50.3 Å². The van der Waals surface area contributed by atoms with Gasteiger partial charge in [0, 0.05) is 16.3 Å². The molecular formula is C24H37ClO2S. The van der Waals surface area contributed by atoms with Crippen molar-refractivity contribution in [2.45, 2.75) is 101 Å². The van der Waals surface area contributed by atoms with E-state index in [1.807, 2.05) is 24.3 Å². The normalized spacial score (nSPS) is 12.5. The molecule has 0 bridgehead atoms. The Labute approximate surface area is 181 Å². The molecule has 2 nitrogen and oxygen atoms in total. The van der Waals surface area contributed by atoms with Crippen LogP contribution in [0.1, 0.15) is 90.4 Å². The summed E-state index contributed by atoms with van der Waals surface area (Å²) < 4.78 is 0. The predicted octanol–water partition coefficient (Wildman–Crippen LogP) is 7.97. The minimum atomic E-state index is -0.171. The Morgan fingerprint density at radius 1 is 1.07 bits per heavy atom. The third-order valence-corrected chi connectivity index (χ3v) is 5.90. The molecule has 0 heterocycles. The van der Waals surface area contributed by atoms with Crippen molar-refractivity contribution in [3.05, 3.63) is 41.4 Å². The maximum absolute atomic E-state index is 12.0. The molecule has 1 N–H and O–H groups in total. The SMILES string of the molecule is CCCCCC[C@@H](O)C/C=C\CCCCCCCC(=O)Sc1cccc(Cl)c1. The van der Waals surface area contributed by atoms with E-state index in [2.05, 4.69) is 19.1 Å². The Kier molecular flexibility index (Phi) is 15.4. The van der Waals surface area contributed by atoms with Crippen LogP contribution in [0, 0.1) is 0 Å². The van der Waals surface area contributed by atoms with Crippen LogP contribution in [-0.2, 0) is 4.79 Å². The van der Waals surface area contributed by atoms with Crippen LogP contribution < -0.4 is 0 Å². The van der Waals surface area contributed by atoms with E-state index in [9.17, 15) is 9.90 Å². The Morgan fingerprint density at radius 2 is 1.82 bits per heavy atom. The van der Waals surface area contributed by atoms with E-state index in [1.165, 1.54) is 50.3 Å². The van der Waals surface area contributed by atoms with Crippen LogP contribution in [0.3, 0.4) is 0 Å². The average molecular weight is 425 g/mol. The highest BCUT2D eigenvalue weighted by Gasteiger charge is 2.05. The van der Waals surface area contributed by atoms with E-state index >= 15 is 0 Å². The van der Waals surface area contributed by atoms with Crippen LogP contribution in [0.4, 0.5) is 0 Å². The topological polar surface area (TPSA) is 37.3 Å². The number of carbonyl (C=O) groups excluding carboxylic acids is 1. The summed E-state index contributed by atoms with van der Waals surface area (Å²) in [5.74, 6) is 0. The molecule has 1 rings (SSSR count). The summed E-state index contributed by atoms with van der Waals surface area (Å²) in [5, 5.41) is 10.8. The molecule has 0 aliphatic rings. The Balaban J connectivity index is 1.92. The molecule has 0 radical (unpaired) electrons. The molecule has 0 saturated carbocycles. The number of halogens is 1. The van der Waals surface area contributed by atoms with Gasteiger partial charge in [-0.3, -0.25) is 4.79 Å². The number of unbranched alkanes of at least 4 members (excludes halogenated alkanes) is 8. The minimum absolute atomic E-state index is 0.171. The molecule has 0 aliphatic heterocycles. The zero-order valence-corrected chi connectivity index (χ0v) is 18.9. The average Bonchev–Trinajstić information content (AvgIpc) is 2.66. The monoisotopic (exact) mass is 424 g/mol. The lowest BCUT2D eigenvalue weighted by molar-refractivity contribution is -0.111. The van der Waals surface area contributed by atoms with Crippen LogP contribution in [0.15, 0.2) is 41.3 Å². The number of allylic oxidation sites excluding steroid dienone is 1. The highest BCUT2D eigenvalue weighted by Crippen LogP contribution is 2.24. The molecule has 4 heteroatoms. The van der Waals surface area contributed by atoms with Gasteiger partial charge in [0.05, 0.1) is 6.10 Å². The fourth-order valence-electron chi connectivity index (χ4n) is 3.07. The lowest BCUT2D eigenvalue weighted by Crippen LogP contribution is -2.04. The number of carbonyl (C=O) groups is 1. The second kappa shape index (κ2) is 17.1. The number of thioether (sulfide) groups is 1. The number of benzene rings is 1. The second-order valence-electron chi connectivity index (χ2n) is 7.45. The first-order valence-corrected chi connectivity index (χ1v) is 12.1. The van der Waals surface area contributed by atoms with Gasteiger partial charge in [-0.2, -0.15) is 0 Å². The summed E-state index contributed by atoms with van der Waals surface area (Å²) in [4.78, 5) is 12.9. The summed E-state index contributed by atoms with van der Waals surface area (Å²) in [7, 11) is 0. The van der Waals surface area contributed by atoms with Gasteiger partial charge in [-0.15, -0.1) is 0 Å². The molecule has 0 aliphatic carbocycles. The number of aliphatic hydroxyl groups is 1. The van der Waals surface area contributed by atoms with Crippen LogP contribution in [0.25, 0.3) is 0 Å². The summed E-state index contributed by atoms with van der Waals surface area (Å²) in [6, 6.07) is 7.46. The van der Waals surface area contributed by atoms with Crippen LogP contribution >= 0.6 is 23.4 Å². The molecule has 0 fully saturated rings. The van der Waals surface area contributed by atoms with Crippen LogP contribution in [0.2, 0.25) is 5.02 Å². The molecule has 1 aromatic rings. The van der Waals surface area contributed by atoms with E-state index in [1.54, 1.807) is 0 Å². The Hall–Kier alpha value is -0.770. The molecule has 0 saturated heterocycles. The van der Waals surface area contributed by atoms with E-state index in [4.69, 9.17) is 11.6 Å². The summed E-state index contributed by atoms with van der Waals surface area (Å²) in [6.07, 6.45) is 18.2. The van der Waals surface area contributed by atoms with Crippen molar-refractivity contribution in [2.75, 3.05) is 0 Å². The summed E-state index contributed by atoms with van der Waals surface area (Å²) in [6.45, 7) is 2.21. The van der Waals surface area contributed by atoms with Crippen molar-refractivity contribution in [3.8, 4) is 0 Å². The maximum atomic E-state index is 12.0. The van der Waals surface area contributed by atoms with E-state index in [-0.39, 0.29) is 11.2 Å². The Bertz CT molecular complexity index is 559. The Morgan fingerprint density at radius 3 is 2.61 bits per heavy atom. The molecular weight excluding hydrogens is 388 g/mol. The molecule has 158 valence electrons. The van der Waals surface area contributed by atoms with Crippen molar-refractivity contribution in [3.63, 3.8) is 0 Å². The highest BCUT2D eigenvalue weighted by atomic mass is 35.5. The highest BCUT2D eigenvalue weighted by molar-refractivity contribution is 8.13. The van der Waals surface area contributed by atoms with Gasteiger partial charge >= 0.3 is 0 Å². The predicted molar refractivity (Wildman–Crippen MR) is 123 cm³/mol. The van der Waals surface area contributed by atoms with Gasteiger partial charge in [0.1, 0.15) is 0 Å². The van der Waals surface area contributed by atoms with Gasteiger partial charge in [0.15, 0.2) is 5.12 Å². The van der Waals surface area contributed by atoms with E-state index in [0.29, 0.717) is 11.4 Å². The first-order chi connectivity index (χ1) is 13.6. The standard InChI is InChI=1S/C24H37ClO2S/c1-2-3-4-11-16-22(26)17-12-9-7-5-6-8-10-13-19-24(27)28-23-18-14-15-21(25)20-23/h9,12,14-15,18,20,22,26H,2-8,10-11,13,16-17,19H2,1H3/b12-9-/t22-/m1/s1. The fraction of sp³-hybridized carbons (Fsp3) is 0.625. The zero-order chi connectivity index (χ0) is 20.5. The van der Waals surface area contributed by atoms with Gasteiger partial charge in [-0.25, -0.2) is 0 Å². The van der Waals surface area contributed by atoms with Crippen LogP contribution in [-0.4, -0.2) is 16.3 Å². The van der Waals surface area contributed by atoms with Crippen molar-refractivity contribution in [1.29, 1.82) is 0 Å². The summed E-state index contributed by atoms with van der Waals surface area (Å²) >= 11 is 7.23. The van der Waals surface area contributed by atoms with Gasteiger partial charge in [-0.1, -0.05) is 93.5 Å². The van der Waals surface area contributed by atoms with Gasteiger partial charge in [0.25, 0.3) is 0 Å². The van der Waals surface area contributed by atoms with Crippen LogP contribution in [0.5, 0.6) is 0 Å². The van der Waals surface area contributed by atoms with E-state index in [0.717, 1.165) is 43.4 Å². The van der Waals surface area contributed by atoms with Crippen molar-refractivity contribution >= 4 is 28.5 Å². The molecule has 0 spiro atoms. The lowest BCUT2D eigenvalue weighted by Gasteiger charge is -2.07. The quantitative estimate of drug-likeness (QED) is 0.166. The second-order valence-corrected chi connectivity index (χ2v) is 9.02. The first-order valence-electron chi connectivity index (χ1n) is 10.9. The van der Waals surface area contributed by atoms with Crippen molar-refractivity contribution in [1.82, 2.24) is 0 Å². The third-order valence-electron chi connectivity index (χ3n) is 4.75.